The van der Waals surface area contributed by atoms with Gasteiger partial charge in [0.25, 0.3) is 0 Å². The number of halogens is 1. The number of benzene rings is 2. The van der Waals surface area contributed by atoms with Gasteiger partial charge in [-0.25, -0.2) is 12.8 Å². The van der Waals surface area contributed by atoms with E-state index in [1.54, 1.807) is 25.2 Å². The van der Waals surface area contributed by atoms with Gasteiger partial charge in [-0.05, 0) is 11.6 Å². The van der Waals surface area contributed by atoms with E-state index < -0.39 is 27.1 Å². The molecule has 0 bridgehead atoms. The van der Waals surface area contributed by atoms with E-state index in [9.17, 15) is 12.8 Å². The van der Waals surface area contributed by atoms with Crippen molar-refractivity contribution in [1.29, 1.82) is 0 Å². The SMILES string of the molecule is CN1OC[C@@H](S(=O)(=O)N2CCN(Cc3ccccc3)CC2)[C@H]1c1ccccc1F. The molecule has 2 aliphatic rings. The molecule has 156 valence electrons. The van der Waals surface area contributed by atoms with Gasteiger partial charge in [0, 0.05) is 45.3 Å². The van der Waals surface area contributed by atoms with Crippen molar-refractivity contribution in [2.24, 2.45) is 0 Å². The lowest BCUT2D eigenvalue weighted by Crippen LogP contribution is -2.52. The maximum atomic E-state index is 14.4. The number of hydrogen-bond donors (Lipinski definition) is 0. The first kappa shape index (κ1) is 20.4. The molecule has 0 unspecified atom stereocenters. The predicted molar refractivity (Wildman–Crippen MR) is 109 cm³/mol. The van der Waals surface area contributed by atoms with Crippen LogP contribution in [0.5, 0.6) is 0 Å². The summed E-state index contributed by atoms with van der Waals surface area (Å²) in [5.74, 6) is -0.414. The van der Waals surface area contributed by atoms with E-state index in [0.717, 1.165) is 6.54 Å². The van der Waals surface area contributed by atoms with Gasteiger partial charge in [-0.2, -0.15) is 9.37 Å². The molecule has 2 fully saturated rings. The zero-order valence-electron chi connectivity index (χ0n) is 16.4. The van der Waals surface area contributed by atoms with Crippen LogP contribution in [-0.4, -0.2) is 67.8 Å². The number of nitrogens with zero attached hydrogens (tertiary/aromatic N) is 3. The van der Waals surface area contributed by atoms with E-state index in [2.05, 4.69) is 17.0 Å². The van der Waals surface area contributed by atoms with Gasteiger partial charge in [0.05, 0.1) is 12.6 Å². The highest BCUT2D eigenvalue weighted by Gasteiger charge is 2.47. The van der Waals surface area contributed by atoms with Gasteiger partial charge in [-0.1, -0.05) is 48.5 Å². The van der Waals surface area contributed by atoms with E-state index >= 15 is 0 Å². The Labute approximate surface area is 171 Å². The van der Waals surface area contributed by atoms with E-state index in [1.165, 1.54) is 21.0 Å². The van der Waals surface area contributed by atoms with Crippen LogP contribution in [0.15, 0.2) is 54.6 Å². The number of hydrogen-bond acceptors (Lipinski definition) is 5. The topological polar surface area (TPSA) is 53.1 Å². The number of piperazine rings is 1. The Morgan fingerprint density at radius 3 is 2.34 bits per heavy atom. The van der Waals surface area contributed by atoms with Crippen molar-refractivity contribution >= 4 is 10.0 Å². The summed E-state index contributed by atoms with van der Waals surface area (Å²) in [6, 6.07) is 15.8. The molecule has 8 heteroatoms. The summed E-state index contributed by atoms with van der Waals surface area (Å²) >= 11 is 0. The highest BCUT2D eigenvalue weighted by Crippen LogP contribution is 2.36. The van der Waals surface area contributed by atoms with Crippen LogP contribution in [0.3, 0.4) is 0 Å². The van der Waals surface area contributed by atoms with Gasteiger partial charge >= 0.3 is 0 Å². The third kappa shape index (κ3) is 4.22. The standard InChI is InChI=1S/C21H26FN3O3S/c1-23-21(18-9-5-6-10-19(18)22)20(16-28-23)29(26,27)25-13-11-24(12-14-25)15-17-7-3-2-4-8-17/h2-10,20-21H,11-16H2,1H3/t20-,21-/m1/s1. The average Bonchev–Trinajstić information content (AvgIpc) is 3.12. The summed E-state index contributed by atoms with van der Waals surface area (Å²) in [7, 11) is -1.97. The van der Waals surface area contributed by atoms with Gasteiger partial charge in [-0.3, -0.25) is 9.74 Å². The Morgan fingerprint density at radius 1 is 1.00 bits per heavy atom. The summed E-state index contributed by atoms with van der Waals surface area (Å²) in [6.07, 6.45) is 0. The van der Waals surface area contributed by atoms with Gasteiger partial charge < -0.3 is 0 Å². The Morgan fingerprint density at radius 2 is 1.66 bits per heavy atom. The molecule has 29 heavy (non-hydrogen) atoms. The fraction of sp³-hybridized carbons (Fsp3) is 0.429. The molecule has 0 aliphatic carbocycles. The summed E-state index contributed by atoms with van der Waals surface area (Å²) < 4.78 is 42.7. The largest absolute Gasteiger partial charge is 0.297 e. The molecule has 0 radical (unpaired) electrons. The van der Waals surface area contributed by atoms with Gasteiger partial charge in [0.15, 0.2) is 0 Å². The first-order valence-corrected chi connectivity index (χ1v) is 11.3. The quantitative estimate of drug-likeness (QED) is 0.744. The van der Waals surface area contributed by atoms with Crippen LogP contribution in [0.2, 0.25) is 0 Å². The van der Waals surface area contributed by atoms with Crippen LogP contribution >= 0.6 is 0 Å². The summed E-state index contributed by atoms with van der Waals surface area (Å²) in [5.41, 5.74) is 1.57. The second kappa shape index (κ2) is 8.49. The van der Waals surface area contributed by atoms with Crippen LogP contribution in [0, 0.1) is 5.82 Å². The Balaban J connectivity index is 1.46. The van der Waals surface area contributed by atoms with Crippen molar-refractivity contribution in [2.75, 3.05) is 39.8 Å². The molecule has 0 aromatic heterocycles. The van der Waals surface area contributed by atoms with Crippen molar-refractivity contribution in [3.8, 4) is 0 Å². The minimum atomic E-state index is -3.63. The molecular weight excluding hydrogens is 393 g/mol. The lowest BCUT2D eigenvalue weighted by molar-refractivity contribution is -0.111. The van der Waals surface area contributed by atoms with Crippen molar-refractivity contribution < 1.29 is 17.6 Å². The minimum Gasteiger partial charge on any atom is -0.297 e. The smallest absolute Gasteiger partial charge is 0.221 e. The average molecular weight is 420 g/mol. The van der Waals surface area contributed by atoms with Gasteiger partial charge in [-0.15, -0.1) is 0 Å². The maximum Gasteiger partial charge on any atom is 0.221 e. The van der Waals surface area contributed by atoms with Gasteiger partial charge in [0.2, 0.25) is 10.0 Å². The number of sulfonamides is 1. The predicted octanol–water partition coefficient (Wildman–Crippen LogP) is 2.26. The molecule has 2 atom stereocenters. The molecule has 2 aliphatic heterocycles. The lowest BCUT2D eigenvalue weighted by Gasteiger charge is -2.36. The van der Waals surface area contributed by atoms with Gasteiger partial charge in [0.1, 0.15) is 11.1 Å². The number of rotatable bonds is 5. The molecule has 0 spiro atoms. The van der Waals surface area contributed by atoms with Crippen molar-refractivity contribution in [2.45, 2.75) is 17.8 Å². The van der Waals surface area contributed by atoms with Crippen LogP contribution in [0.25, 0.3) is 0 Å². The fourth-order valence-electron chi connectivity index (χ4n) is 4.13. The molecule has 2 aromatic carbocycles. The number of hydroxylamine groups is 2. The van der Waals surface area contributed by atoms with E-state index in [1.807, 2.05) is 18.2 Å². The monoisotopic (exact) mass is 419 g/mol. The molecule has 2 aromatic rings. The fourth-order valence-corrected chi connectivity index (χ4v) is 6.06. The highest BCUT2D eigenvalue weighted by molar-refractivity contribution is 7.89. The van der Waals surface area contributed by atoms with Crippen molar-refractivity contribution in [1.82, 2.24) is 14.3 Å². The first-order chi connectivity index (χ1) is 14.0. The van der Waals surface area contributed by atoms with E-state index in [0.29, 0.717) is 31.7 Å². The Kier molecular flexibility index (Phi) is 5.98. The maximum absolute atomic E-state index is 14.4. The highest BCUT2D eigenvalue weighted by atomic mass is 32.2. The van der Waals surface area contributed by atoms with Crippen molar-refractivity contribution in [3.05, 3.63) is 71.5 Å². The molecule has 0 saturated carbocycles. The summed E-state index contributed by atoms with van der Waals surface area (Å²) in [4.78, 5) is 7.77. The Hall–Kier alpha value is -1.84. The van der Waals surface area contributed by atoms with Crippen LogP contribution < -0.4 is 0 Å². The van der Waals surface area contributed by atoms with Crippen molar-refractivity contribution in [3.63, 3.8) is 0 Å². The zero-order chi connectivity index (χ0) is 20.4. The first-order valence-electron chi connectivity index (χ1n) is 9.82. The molecule has 0 N–H and O–H groups in total. The Bertz CT molecular complexity index is 933. The molecule has 4 rings (SSSR count). The molecule has 2 heterocycles. The molecule has 6 nitrogen and oxygen atoms in total. The summed E-state index contributed by atoms with van der Waals surface area (Å²) in [6.45, 7) is 3.03. The lowest BCUT2D eigenvalue weighted by atomic mass is 10.0. The van der Waals surface area contributed by atoms with E-state index in [4.69, 9.17) is 4.84 Å². The van der Waals surface area contributed by atoms with E-state index in [-0.39, 0.29) is 6.61 Å². The second-order valence-corrected chi connectivity index (χ2v) is 9.70. The van der Waals surface area contributed by atoms with Crippen LogP contribution in [0.1, 0.15) is 17.2 Å². The molecular formula is C21H26FN3O3S. The summed E-state index contributed by atoms with van der Waals surface area (Å²) in [5, 5.41) is 0.636. The normalized spacial score (nSPS) is 24.8. The zero-order valence-corrected chi connectivity index (χ0v) is 17.3. The third-order valence-electron chi connectivity index (χ3n) is 5.73. The molecule has 0 amide bonds. The minimum absolute atomic E-state index is 0.0298. The second-order valence-electron chi connectivity index (χ2n) is 7.55. The van der Waals surface area contributed by atoms with Crippen LogP contribution in [0.4, 0.5) is 4.39 Å². The van der Waals surface area contributed by atoms with Crippen LogP contribution in [-0.2, 0) is 21.4 Å². The third-order valence-corrected chi connectivity index (χ3v) is 7.98. The molecule has 2 saturated heterocycles.